The first kappa shape index (κ1) is 16.5. The van der Waals surface area contributed by atoms with Gasteiger partial charge in [0.15, 0.2) is 0 Å². The van der Waals surface area contributed by atoms with E-state index in [1.165, 1.54) is 5.56 Å². The van der Waals surface area contributed by atoms with Crippen LogP contribution >= 0.6 is 0 Å². The number of ether oxygens (including phenoxy) is 1. The summed E-state index contributed by atoms with van der Waals surface area (Å²) in [6, 6.07) is 14.0. The van der Waals surface area contributed by atoms with Crippen LogP contribution in [0.25, 0.3) is 0 Å². The first-order chi connectivity index (χ1) is 11.7. The lowest BCUT2D eigenvalue weighted by atomic mass is 9.91. The molecular formula is C20H24N2O2. The van der Waals surface area contributed by atoms with Crippen LogP contribution in [0.3, 0.4) is 0 Å². The molecule has 0 aliphatic carbocycles. The highest BCUT2D eigenvalue weighted by Crippen LogP contribution is 2.21. The maximum absolute atomic E-state index is 12.3. The lowest BCUT2D eigenvalue weighted by Crippen LogP contribution is -2.40. The fourth-order valence-corrected chi connectivity index (χ4v) is 3.27. The van der Waals surface area contributed by atoms with Crippen LogP contribution in [0.5, 0.6) is 0 Å². The molecule has 3 rings (SSSR count). The van der Waals surface area contributed by atoms with Crippen molar-refractivity contribution in [1.82, 2.24) is 9.88 Å². The van der Waals surface area contributed by atoms with Gasteiger partial charge < -0.3 is 9.64 Å². The summed E-state index contributed by atoms with van der Waals surface area (Å²) >= 11 is 0. The molecule has 2 aromatic rings. The van der Waals surface area contributed by atoms with Gasteiger partial charge in [-0.15, -0.1) is 0 Å². The summed E-state index contributed by atoms with van der Waals surface area (Å²) in [4.78, 5) is 18.4. The molecule has 2 heterocycles. The molecule has 0 bridgehead atoms. The molecule has 0 spiro atoms. The molecule has 1 aliphatic rings. The van der Waals surface area contributed by atoms with E-state index in [2.05, 4.69) is 17.1 Å². The highest BCUT2D eigenvalue weighted by molar-refractivity contribution is 5.67. The van der Waals surface area contributed by atoms with E-state index in [1.807, 2.05) is 48.4 Å². The van der Waals surface area contributed by atoms with Crippen LogP contribution in [-0.4, -0.2) is 29.1 Å². The Morgan fingerprint density at radius 2 is 2.08 bits per heavy atom. The third-order valence-corrected chi connectivity index (χ3v) is 4.47. The largest absolute Gasteiger partial charge is 0.445 e. The number of amides is 1. The van der Waals surface area contributed by atoms with Crippen molar-refractivity contribution in [3.8, 4) is 0 Å². The van der Waals surface area contributed by atoms with E-state index in [0.717, 1.165) is 43.6 Å². The molecule has 1 atom stereocenters. The van der Waals surface area contributed by atoms with Gasteiger partial charge >= 0.3 is 6.09 Å². The van der Waals surface area contributed by atoms with Crippen LogP contribution in [0, 0.1) is 12.8 Å². The van der Waals surface area contributed by atoms with Crippen molar-refractivity contribution >= 4 is 6.09 Å². The number of carbonyl (C=O) groups is 1. The molecule has 1 aromatic heterocycles. The Labute approximate surface area is 143 Å². The quantitative estimate of drug-likeness (QED) is 0.854. The van der Waals surface area contributed by atoms with Gasteiger partial charge in [0.05, 0.1) is 0 Å². The SMILES string of the molecule is Cc1cc(CC2CCCN(C(=O)OCc3ccccc3)C2)ccn1. The molecule has 24 heavy (non-hydrogen) atoms. The highest BCUT2D eigenvalue weighted by atomic mass is 16.6. The molecule has 1 fully saturated rings. The molecule has 1 amide bonds. The van der Waals surface area contributed by atoms with Gasteiger partial charge in [-0.1, -0.05) is 30.3 Å². The van der Waals surface area contributed by atoms with Gasteiger partial charge in [-0.3, -0.25) is 4.98 Å². The van der Waals surface area contributed by atoms with Crippen LogP contribution in [0.4, 0.5) is 4.79 Å². The normalized spacial score (nSPS) is 17.5. The zero-order valence-corrected chi connectivity index (χ0v) is 14.1. The fraction of sp³-hybridized carbons (Fsp3) is 0.400. The van der Waals surface area contributed by atoms with E-state index in [0.29, 0.717) is 12.5 Å². The van der Waals surface area contributed by atoms with E-state index in [4.69, 9.17) is 4.74 Å². The first-order valence-electron chi connectivity index (χ1n) is 8.58. The Bertz CT molecular complexity index is 672. The first-order valence-corrected chi connectivity index (χ1v) is 8.58. The minimum absolute atomic E-state index is 0.200. The lowest BCUT2D eigenvalue weighted by Gasteiger charge is -2.32. The van der Waals surface area contributed by atoms with Crippen molar-refractivity contribution < 1.29 is 9.53 Å². The number of aromatic nitrogens is 1. The Hall–Kier alpha value is -2.36. The number of rotatable bonds is 4. The summed E-state index contributed by atoms with van der Waals surface area (Å²) in [5.41, 5.74) is 3.36. The van der Waals surface area contributed by atoms with Gasteiger partial charge in [0, 0.05) is 25.0 Å². The van der Waals surface area contributed by atoms with E-state index in [9.17, 15) is 4.79 Å². The maximum atomic E-state index is 12.3. The molecule has 126 valence electrons. The Morgan fingerprint density at radius 3 is 2.88 bits per heavy atom. The minimum Gasteiger partial charge on any atom is -0.445 e. The summed E-state index contributed by atoms with van der Waals surface area (Å²) < 4.78 is 5.46. The molecule has 0 saturated carbocycles. The number of hydrogen-bond acceptors (Lipinski definition) is 3. The Kier molecular flexibility index (Phi) is 5.47. The fourth-order valence-electron chi connectivity index (χ4n) is 3.27. The molecule has 4 heteroatoms. The molecule has 1 unspecified atom stereocenters. The second kappa shape index (κ2) is 7.95. The summed E-state index contributed by atoms with van der Waals surface area (Å²) in [6.45, 7) is 3.91. The Morgan fingerprint density at radius 1 is 1.25 bits per heavy atom. The number of likely N-dealkylation sites (tertiary alicyclic amines) is 1. The number of nitrogens with zero attached hydrogens (tertiary/aromatic N) is 2. The molecule has 1 aliphatic heterocycles. The summed E-state index contributed by atoms with van der Waals surface area (Å²) in [7, 11) is 0. The minimum atomic E-state index is -0.200. The summed E-state index contributed by atoms with van der Waals surface area (Å²) in [5, 5.41) is 0. The monoisotopic (exact) mass is 324 g/mol. The standard InChI is InChI=1S/C20H24N2O2/c1-16-12-18(9-10-21-16)13-19-8-5-11-22(14-19)20(23)24-15-17-6-3-2-4-7-17/h2-4,6-7,9-10,12,19H,5,8,11,13-15H2,1H3. The molecular weight excluding hydrogens is 300 g/mol. The topological polar surface area (TPSA) is 42.4 Å². The number of carbonyl (C=O) groups excluding carboxylic acids is 1. The van der Waals surface area contributed by atoms with Crippen molar-refractivity contribution in [2.75, 3.05) is 13.1 Å². The van der Waals surface area contributed by atoms with Crippen LogP contribution in [0.15, 0.2) is 48.7 Å². The van der Waals surface area contributed by atoms with Gasteiger partial charge in [0.25, 0.3) is 0 Å². The van der Waals surface area contributed by atoms with Crippen molar-refractivity contribution in [2.45, 2.75) is 32.8 Å². The second-order valence-electron chi connectivity index (χ2n) is 6.50. The zero-order chi connectivity index (χ0) is 16.8. The van der Waals surface area contributed by atoms with Crippen molar-refractivity contribution in [3.05, 3.63) is 65.5 Å². The van der Waals surface area contributed by atoms with Crippen LogP contribution in [0.1, 0.15) is 29.7 Å². The van der Waals surface area contributed by atoms with Gasteiger partial charge in [-0.05, 0) is 55.4 Å². The van der Waals surface area contributed by atoms with E-state index in [1.54, 1.807) is 0 Å². The smallest absolute Gasteiger partial charge is 0.410 e. The predicted octanol–water partition coefficient (Wildman–Crippen LogP) is 3.98. The van der Waals surface area contributed by atoms with Gasteiger partial charge in [-0.2, -0.15) is 0 Å². The average Bonchev–Trinajstić information content (AvgIpc) is 2.61. The molecule has 0 radical (unpaired) electrons. The van der Waals surface area contributed by atoms with E-state index >= 15 is 0 Å². The molecule has 1 saturated heterocycles. The molecule has 0 N–H and O–H groups in total. The number of pyridine rings is 1. The number of hydrogen-bond donors (Lipinski definition) is 0. The second-order valence-corrected chi connectivity index (χ2v) is 6.50. The highest BCUT2D eigenvalue weighted by Gasteiger charge is 2.24. The zero-order valence-electron chi connectivity index (χ0n) is 14.1. The molecule has 1 aromatic carbocycles. The number of benzene rings is 1. The van der Waals surface area contributed by atoms with Gasteiger partial charge in [0.1, 0.15) is 6.61 Å². The van der Waals surface area contributed by atoms with Gasteiger partial charge in [-0.25, -0.2) is 4.79 Å². The predicted molar refractivity (Wildman–Crippen MR) is 93.6 cm³/mol. The van der Waals surface area contributed by atoms with E-state index in [-0.39, 0.29) is 6.09 Å². The lowest BCUT2D eigenvalue weighted by molar-refractivity contribution is 0.0790. The number of piperidine rings is 1. The van der Waals surface area contributed by atoms with Crippen LogP contribution in [0.2, 0.25) is 0 Å². The third kappa shape index (κ3) is 4.57. The summed E-state index contributed by atoms with van der Waals surface area (Å²) in [6.07, 6.45) is 4.85. The van der Waals surface area contributed by atoms with Crippen LogP contribution in [-0.2, 0) is 17.8 Å². The van der Waals surface area contributed by atoms with Crippen LogP contribution < -0.4 is 0 Å². The molecule has 4 nitrogen and oxygen atoms in total. The maximum Gasteiger partial charge on any atom is 0.410 e. The van der Waals surface area contributed by atoms with Crippen molar-refractivity contribution in [2.24, 2.45) is 5.92 Å². The average molecular weight is 324 g/mol. The van der Waals surface area contributed by atoms with Gasteiger partial charge in [0.2, 0.25) is 0 Å². The van der Waals surface area contributed by atoms with E-state index < -0.39 is 0 Å². The van der Waals surface area contributed by atoms with Crippen molar-refractivity contribution in [3.63, 3.8) is 0 Å². The number of aryl methyl sites for hydroxylation is 1. The summed E-state index contributed by atoms with van der Waals surface area (Å²) in [5.74, 6) is 0.491. The van der Waals surface area contributed by atoms with Crippen molar-refractivity contribution in [1.29, 1.82) is 0 Å². The third-order valence-electron chi connectivity index (χ3n) is 4.47. The Balaban J connectivity index is 1.52.